The average Bonchev–Trinajstić information content (AvgIpc) is 1.56. The fraction of sp³-hybridized carbons (Fsp3) is 0.611. The molecule has 0 radical (unpaired) electrons. The third-order valence-corrected chi connectivity index (χ3v) is 18.4. The van der Waals surface area contributed by atoms with E-state index in [0.717, 1.165) is 47.1 Å². The number of aromatic nitrogens is 1. The summed E-state index contributed by atoms with van der Waals surface area (Å²) in [5.74, 6) is -28.6. The van der Waals surface area contributed by atoms with Crippen LogP contribution in [0.4, 0.5) is 0 Å². The van der Waals surface area contributed by atoms with Gasteiger partial charge < -0.3 is 116 Å². The van der Waals surface area contributed by atoms with Crippen molar-refractivity contribution in [3.05, 3.63) is 36.0 Å². The second-order valence-corrected chi connectivity index (χ2v) is 28.5. The second-order valence-electron chi connectivity index (χ2n) is 28.5. The van der Waals surface area contributed by atoms with Gasteiger partial charge in [-0.05, 0) is 81.9 Å². The van der Waals surface area contributed by atoms with Gasteiger partial charge in [0, 0.05) is 43.4 Å². The zero-order valence-corrected chi connectivity index (χ0v) is 64.9. The minimum atomic E-state index is -2.27. The highest BCUT2D eigenvalue weighted by Gasteiger charge is 2.42. The molecule has 14 unspecified atom stereocenters. The summed E-state index contributed by atoms with van der Waals surface area (Å²) in [5, 5.41) is 67.2. The van der Waals surface area contributed by atoms with E-state index >= 15 is 0 Å². The van der Waals surface area contributed by atoms with E-state index in [1.54, 1.807) is 30.5 Å². The van der Waals surface area contributed by atoms with Gasteiger partial charge in [-0.2, -0.15) is 0 Å². The van der Waals surface area contributed by atoms with E-state index in [9.17, 15) is 116 Å². The number of carboxylic acids is 4. The first-order chi connectivity index (χ1) is 53.5. The minimum Gasteiger partial charge on any atom is -0.481 e. The van der Waals surface area contributed by atoms with Crippen molar-refractivity contribution >= 4 is 129 Å². The molecule has 1 aromatic carbocycles. The Balaban J connectivity index is 2.26. The highest BCUT2D eigenvalue weighted by atomic mass is 16.5. The molecule has 0 aliphatic carbocycles. The number of fused-ring (bicyclic) bond motifs is 1. The molecule has 42 heteroatoms. The molecule has 1 fully saturated rings. The number of para-hydroxylation sites is 1. The van der Waals surface area contributed by atoms with Gasteiger partial charge >= 0.3 is 29.8 Å². The fourth-order valence-corrected chi connectivity index (χ4v) is 11.9. The molecule has 632 valence electrons. The number of benzene rings is 1. The Morgan fingerprint density at radius 3 is 1.75 bits per heavy atom. The molecule has 0 spiro atoms. The zero-order chi connectivity index (χ0) is 85.8. The average molecular weight is 1610 g/mol. The van der Waals surface area contributed by atoms with E-state index in [0.29, 0.717) is 40.1 Å². The van der Waals surface area contributed by atoms with Gasteiger partial charge in [0.1, 0.15) is 72.6 Å². The Morgan fingerprint density at radius 2 is 1.14 bits per heavy atom. The Labute approximate surface area is 656 Å². The number of carbonyl (C=O) groups is 20. The van der Waals surface area contributed by atoms with E-state index in [4.69, 9.17) is 21.9 Å². The van der Waals surface area contributed by atoms with Crippen LogP contribution in [0.1, 0.15) is 163 Å². The molecule has 23 N–H and O–H groups in total. The predicted molar refractivity (Wildman–Crippen MR) is 400 cm³/mol. The number of unbranched alkanes of at least 4 members (excludes halogenated alkanes) is 4. The molecule has 1 saturated heterocycles. The normalized spacial score (nSPS) is 21.7. The lowest BCUT2D eigenvalue weighted by Gasteiger charge is -2.32. The molecule has 15 amide bonds. The summed E-state index contributed by atoms with van der Waals surface area (Å²) in [6.45, 7) is 8.11. The monoisotopic (exact) mass is 1610 g/mol. The summed E-state index contributed by atoms with van der Waals surface area (Å²) >= 11 is 0. The van der Waals surface area contributed by atoms with E-state index in [1.807, 2.05) is 5.32 Å². The Hall–Kier alpha value is -11.9. The number of aromatic amines is 1. The summed E-state index contributed by atoms with van der Waals surface area (Å²) in [6.07, 6.45) is -3.66. The van der Waals surface area contributed by atoms with Gasteiger partial charge in [-0.3, -0.25) is 91.1 Å². The Morgan fingerprint density at radius 1 is 0.561 bits per heavy atom. The lowest BCUT2D eigenvalue weighted by molar-refractivity contribution is -0.159. The molecular formula is C72H109N17O25. The molecule has 114 heavy (non-hydrogen) atoms. The topological polar surface area (TPSA) is 673 Å². The molecule has 1 aliphatic rings. The van der Waals surface area contributed by atoms with Crippen LogP contribution in [-0.2, 0) is 107 Å². The number of likely N-dealkylation sites (N-methyl/N-ethyl adjacent to an activating group) is 1. The highest BCUT2D eigenvalue weighted by molar-refractivity contribution is 6.02. The van der Waals surface area contributed by atoms with Crippen molar-refractivity contribution in [3.63, 3.8) is 0 Å². The van der Waals surface area contributed by atoms with Gasteiger partial charge in [-0.25, -0.2) is 4.79 Å². The van der Waals surface area contributed by atoms with Gasteiger partial charge in [-0.15, -0.1) is 0 Å². The number of carbonyl (C=O) groups excluding carboxylic acids is 16. The predicted octanol–water partition coefficient (Wildman–Crippen LogP) is -4.57. The molecule has 1 aliphatic heterocycles. The van der Waals surface area contributed by atoms with Gasteiger partial charge in [-0.1, -0.05) is 84.9 Å². The first-order valence-corrected chi connectivity index (χ1v) is 37.3. The number of esters is 1. The van der Waals surface area contributed by atoms with Crippen LogP contribution in [0.5, 0.6) is 0 Å². The summed E-state index contributed by atoms with van der Waals surface area (Å²) in [5.41, 5.74) is 17.9. The number of nitrogens with zero attached hydrogens (tertiary/aromatic N) is 1. The molecule has 2 heterocycles. The number of rotatable bonds is 36. The fourth-order valence-electron chi connectivity index (χ4n) is 11.9. The first kappa shape index (κ1) is 96.3. The number of H-pyrrole nitrogens is 1. The Kier molecular flexibility index (Phi) is 40.7. The molecule has 3 rings (SSSR count). The van der Waals surface area contributed by atoms with Crippen molar-refractivity contribution in [2.45, 2.75) is 237 Å². The maximum absolute atomic E-state index is 15.0. The molecule has 0 bridgehead atoms. The summed E-state index contributed by atoms with van der Waals surface area (Å²) in [6, 6.07) is -14.3. The van der Waals surface area contributed by atoms with E-state index < -0.39 is 261 Å². The quantitative estimate of drug-likeness (QED) is 0.0226. The van der Waals surface area contributed by atoms with Crippen LogP contribution < -0.4 is 81.0 Å². The summed E-state index contributed by atoms with van der Waals surface area (Å²) in [4.78, 5) is 276. The van der Waals surface area contributed by atoms with E-state index in [-0.39, 0.29) is 45.1 Å². The zero-order valence-electron chi connectivity index (χ0n) is 64.9. The highest BCUT2D eigenvalue weighted by Crippen LogP contribution is 2.22. The van der Waals surface area contributed by atoms with Crippen LogP contribution in [0, 0.1) is 17.8 Å². The van der Waals surface area contributed by atoms with Crippen molar-refractivity contribution in [1.29, 1.82) is 0 Å². The van der Waals surface area contributed by atoms with Crippen LogP contribution in [-0.4, -0.2) is 248 Å². The van der Waals surface area contributed by atoms with E-state index in [1.165, 1.54) is 13.8 Å². The number of amides is 15. The Bertz CT molecular complexity index is 3790. The molecule has 0 saturated carbocycles. The van der Waals surface area contributed by atoms with Gasteiger partial charge in [0.05, 0.1) is 45.2 Å². The minimum absolute atomic E-state index is 0.0000586. The summed E-state index contributed by atoms with van der Waals surface area (Å²) in [7, 11) is 0.949. The number of hydrogen-bond donors (Lipinski definition) is 20. The third-order valence-electron chi connectivity index (χ3n) is 18.4. The standard InChI is InChI=1S/C72H109N17O25/c1-9-36(4)60-72(113)114-39(7)61(88-69(110)47(29-51(75)91)84-65(106)44(23-24-55(95)96)82-66(107)45(27-40-32-76-42-20-15-14-19-41(40)42)79-52(92)22-13-11-10-12-18-35(2)3)71(112)89(8)34-54(94)78-38(6)62(103)83-49(31-58(101)102)67(108)81-43(21-16-17-25-73)64(105)85-48(30-57(99)100)63(104)77-33-53(93)80-46(28-50(74)90)68(109)86-59(70(111)87-60)37(5)26-56(97)98/h14-15,19-20,32,35-39,43-49,59-61,76H,9-13,16-18,21-31,33-34,73H2,1-8H3,(H2,74,90)(H2,75,91)(H,77,104)(H,78,94)(H,79,92)(H,80,93)(H,81,108)(H,82,107)(H,83,103)(H,84,106)(H,85,105)(H,86,109)(H,87,111)(H,88,110)(H,95,96)(H,97,98)(H,99,100)(H,101,102). The number of primary amides is 2. The number of carboxylic acid groups (broad SMARTS) is 4. The van der Waals surface area contributed by atoms with Crippen LogP contribution in [0.25, 0.3) is 10.9 Å². The summed E-state index contributed by atoms with van der Waals surface area (Å²) < 4.78 is 5.81. The van der Waals surface area contributed by atoms with Crippen molar-refractivity contribution < 1.29 is 121 Å². The second kappa shape index (κ2) is 48.1. The number of nitrogens with one attached hydrogen (secondary N) is 13. The molecule has 2 aromatic rings. The maximum atomic E-state index is 15.0. The van der Waals surface area contributed by atoms with Crippen LogP contribution in [0.2, 0.25) is 0 Å². The number of nitrogens with two attached hydrogens (primary N) is 3. The lowest BCUT2D eigenvalue weighted by atomic mass is 9.94. The van der Waals surface area contributed by atoms with Crippen LogP contribution in [0.3, 0.4) is 0 Å². The van der Waals surface area contributed by atoms with Gasteiger partial charge in [0.2, 0.25) is 88.6 Å². The molecule has 1 aromatic heterocycles. The van der Waals surface area contributed by atoms with Crippen molar-refractivity contribution in [2.75, 3.05) is 26.7 Å². The molecule has 42 nitrogen and oxygen atoms in total. The van der Waals surface area contributed by atoms with Crippen LogP contribution in [0.15, 0.2) is 30.5 Å². The number of hydrogen-bond acceptors (Lipinski definition) is 22. The lowest BCUT2D eigenvalue weighted by Crippen LogP contribution is -2.62. The van der Waals surface area contributed by atoms with Gasteiger partial charge in [0.25, 0.3) is 0 Å². The maximum Gasteiger partial charge on any atom is 0.329 e. The third kappa shape index (κ3) is 34.0. The smallest absolute Gasteiger partial charge is 0.329 e. The number of ether oxygens (including phenoxy) is 1. The largest absolute Gasteiger partial charge is 0.481 e. The first-order valence-electron chi connectivity index (χ1n) is 37.3. The SMILES string of the molecule is CCC(C)C1NC(=O)C(C(C)CC(=O)O)NC(=O)C(CC(N)=O)NC(=O)CNC(=O)C(CC(=O)O)NC(=O)C(CCCCN)NC(=O)C(CC(=O)O)NC(=O)C(C)NC(=O)CN(C)C(=O)C(NC(=O)C(CC(N)=O)NC(=O)C(CCC(=O)O)NC(=O)C(Cc2c[nH]c3ccccc23)NC(=O)CCCCCCC(C)C)C(C)OC1=O. The number of aliphatic carboxylic acids is 4. The molecular weight excluding hydrogens is 1500 g/mol. The van der Waals surface area contributed by atoms with Crippen molar-refractivity contribution in [2.24, 2.45) is 35.0 Å². The molecule has 14 atom stereocenters. The van der Waals surface area contributed by atoms with E-state index in [2.05, 4.69) is 77.3 Å². The number of cyclic esters (lactones) is 1. The van der Waals surface area contributed by atoms with Crippen molar-refractivity contribution in [3.8, 4) is 0 Å². The van der Waals surface area contributed by atoms with Crippen molar-refractivity contribution in [1.82, 2.24) is 73.7 Å². The van der Waals surface area contributed by atoms with Gasteiger partial charge in [0.15, 0.2) is 0 Å². The van der Waals surface area contributed by atoms with Crippen LogP contribution >= 0.6 is 0 Å².